The van der Waals surface area contributed by atoms with E-state index in [2.05, 4.69) is 14.9 Å². The highest BCUT2D eigenvalue weighted by Gasteiger charge is 2.41. The highest BCUT2D eigenvalue weighted by Crippen LogP contribution is 2.35. The van der Waals surface area contributed by atoms with E-state index in [0.29, 0.717) is 0 Å². The third-order valence-electron chi connectivity index (χ3n) is 3.18. The van der Waals surface area contributed by atoms with Crippen molar-refractivity contribution < 1.29 is 8.42 Å². The van der Waals surface area contributed by atoms with Crippen LogP contribution in [0.3, 0.4) is 0 Å². The van der Waals surface area contributed by atoms with Crippen LogP contribution in [0.15, 0.2) is 41.6 Å². The smallest absolute Gasteiger partial charge is 0.207 e. The van der Waals surface area contributed by atoms with Crippen molar-refractivity contribution in [2.45, 2.75) is 30.2 Å². The lowest BCUT2D eigenvalue weighted by molar-refractivity contribution is 0.558. The minimum absolute atomic E-state index is 0.261. The number of benzene rings is 1. The summed E-state index contributed by atoms with van der Waals surface area (Å²) in [5, 5.41) is 7.98. The summed E-state index contributed by atoms with van der Waals surface area (Å²) < 4.78 is 27.0. The van der Waals surface area contributed by atoms with Crippen LogP contribution in [-0.4, -0.2) is 29.0 Å². The molecule has 0 radical (unpaired) electrons. The molecule has 1 fully saturated rings. The first-order valence-electron chi connectivity index (χ1n) is 5.99. The molecule has 7 heteroatoms. The first-order chi connectivity index (χ1) is 8.99. The molecule has 6 nitrogen and oxygen atoms in total. The van der Waals surface area contributed by atoms with Crippen LogP contribution in [0.1, 0.15) is 19.8 Å². The summed E-state index contributed by atoms with van der Waals surface area (Å²) in [5.74, 6) is 0. The Morgan fingerprint density at radius 3 is 2.26 bits per heavy atom. The van der Waals surface area contributed by atoms with Gasteiger partial charge in [-0.2, -0.15) is 15.0 Å². The highest BCUT2D eigenvalue weighted by molar-refractivity contribution is 7.89. The molecule has 1 aliphatic carbocycles. The molecule has 0 amide bonds. The highest BCUT2D eigenvalue weighted by atomic mass is 32.2. The maximum Gasteiger partial charge on any atom is 0.241 e. The lowest BCUT2D eigenvalue weighted by Crippen LogP contribution is -2.34. The average molecular weight is 278 g/mol. The van der Waals surface area contributed by atoms with Gasteiger partial charge in [0.25, 0.3) is 0 Å². The number of rotatable bonds is 4. The zero-order chi connectivity index (χ0) is 13.5. The fraction of sp³-hybridized carbons (Fsp3) is 0.333. The molecule has 0 aliphatic heterocycles. The number of nitrogens with one attached hydrogen (secondary N) is 1. The predicted molar refractivity (Wildman–Crippen MR) is 69.3 cm³/mol. The summed E-state index contributed by atoms with van der Waals surface area (Å²) in [6.07, 6.45) is 4.92. The van der Waals surface area contributed by atoms with Gasteiger partial charge in [0.15, 0.2) is 0 Å². The molecule has 0 spiro atoms. The third kappa shape index (κ3) is 2.52. The molecule has 1 heterocycles. The Labute approximate surface area is 111 Å². The van der Waals surface area contributed by atoms with Gasteiger partial charge in [0.05, 0.1) is 23.0 Å². The van der Waals surface area contributed by atoms with Crippen LogP contribution in [0.5, 0.6) is 0 Å². The second kappa shape index (κ2) is 4.14. The zero-order valence-corrected chi connectivity index (χ0v) is 11.3. The van der Waals surface area contributed by atoms with E-state index in [9.17, 15) is 8.42 Å². The molecule has 2 aromatic rings. The van der Waals surface area contributed by atoms with Crippen LogP contribution in [0, 0.1) is 0 Å². The average Bonchev–Trinajstić information content (AvgIpc) is 2.90. The van der Waals surface area contributed by atoms with Gasteiger partial charge in [-0.3, -0.25) is 0 Å². The van der Waals surface area contributed by atoms with Gasteiger partial charge in [0.1, 0.15) is 0 Å². The fourth-order valence-corrected chi connectivity index (χ4v) is 3.25. The van der Waals surface area contributed by atoms with Crippen molar-refractivity contribution in [2.75, 3.05) is 0 Å². The maximum atomic E-state index is 12.1. The fourth-order valence-electron chi connectivity index (χ4n) is 1.78. The topological polar surface area (TPSA) is 76.9 Å². The van der Waals surface area contributed by atoms with Crippen molar-refractivity contribution in [2.24, 2.45) is 0 Å². The largest absolute Gasteiger partial charge is 0.241 e. The van der Waals surface area contributed by atoms with Crippen molar-refractivity contribution in [3.63, 3.8) is 0 Å². The molecule has 0 atom stereocenters. The van der Waals surface area contributed by atoms with Gasteiger partial charge in [-0.05, 0) is 44.0 Å². The maximum absolute atomic E-state index is 12.1. The molecule has 1 saturated carbocycles. The molecule has 3 rings (SSSR count). The molecular weight excluding hydrogens is 264 g/mol. The summed E-state index contributed by atoms with van der Waals surface area (Å²) in [6.45, 7) is 1.91. The number of nitrogens with zero attached hydrogens (tertiary/aromatic N) is 3. The third-order valence-corrected chi connectivity index (χ3v) is 4.83. The minimum atomic E-state index is -3.44. The van der Waals surface area contributed by atoms with E-state index in [-0.39, 0.29) is 10.4 Å². The standard InChI is InChI=1S/C12H14N4O2S/c1-12(6-7-12)15-19(17,18)11-4-2-10(3-5-11)16-13-8-9-14-16/h2-5,8-9,15H,6-7H2,1H3. The summed E-state index contributed by atoms with van der Waals surface area (Å²) >= 11 is 0. The van der Waals surface area contributed by atoms with Gasteiger partial charge in [-0.15, -0.1) is 0 Å². The second-order valence-corrected chi connectivity index (χ2v) is 6.66. The Hall–Kier alpha value is -1.73. The quantitative estimate of drug-likeness (QED) is 0.908. The summed E-state index contributed by atoms with van der Waals surface area (Å²) in [4.78, 5) is 1.70. The molecular formula is C12H14N4O2S. The molecule has 0 unspecified atom stereocenters. The van der Waals surface area contributed by atoms with Gasteiger partial charge < -0.3 is 0 Å². The molecule has 100 valence electrons. The van der Waals surface area contributed by atoms with Gasteiger partial charge in [0.2, 0.25) is 10.0 Å². The summed E-state index contributed by atoms with van der Waals surface area (Å²) in [6, 6.07) is 6.49. The van der Waals surface area contributed by atoms with Gasteiger partial charge in [-0.25, -0.2) is 13.1 Å². The zero-order valence-electron chi connectivity index (χ0n) is 10.4. The predicted octanol–water partition coefficient (Wildman–Crippen LogP) is 1.10. The van der Waals surface area contributed by atoms with Crippen molar-refractivity contribution in [3.8, 4) is 5.69 Å². The number of sulfonamides is 1. The van der Waals surface area contributed by atoms with E-state index in [0.717, 1.165) is 18.5 Å². The molecule has 1 aliphatic rings. The normalized spacial score (nSPS) is 17.3. The lowest BCUT2D eigenvalue weighted by atomic mass is 10.3. The summed E-state index contributed by atoms with van der Waals surface area (Å²) in [7, 11) is -3.44. The Morgan fingerprint density at radius 2 is 1.74 bits per heavy atom. The molecule has 1 aromatic heterocycles. The Bertz CT molecular complexity index is 673. The molecule has 0 bridgehead atoms. The number of hydrogen-bond acceptors (Lipinski definition) is 4. The van der Waals surface area contributed by atoms with E-state index in [4.69, 9.17) is 0 Å². The van der Waals surface area contributed by atoms with Crippen LogP contribution in [0.2, 0.25) is 0 Å². The second-order valence-electron chi connectivity index (χ2n) is 4.98. The van der Waals surface area contributed by atoms with Crippen LogP contribution >= 0.6 is 0 Å². The SMILES string of the molecule is CC1(NS(=O)(=O)c2ccc(-n3nccn3)cc2)CC1. The van der Waals surface area contributed by atoms with E-state index in [1.807, 2.05) is 6.92 Å². The summed E-state index contributed by atoms with van der Waals surface area (Å²) in [5.41, 5.74) is 0.461. The van der Waals surface area contributed by atoms with Gasteiger partial charge in [0, 0.05) is 5.54 Å². The lowest BCUT2D eigenvalue weighted by Gasteiger charge is -2.12. The molecule has 1 aromatic carbocycles. The Balaban J connectivity index is 1.86. The molecule has 19 heavy (non-hydrogen) atoms. The van der Waals surface area contributed by atoms with Crippen LogP contribution in [0.4, 0.5) is 0 Å². The van der Waals surface area contributed by atoms with Crippen LogP contribution in [-0.2, 0) is 10.0 Å². The minimum Gasteiger partial charge on any atom is -0.207 e. The number of hydrogen-bond donors (Lipinski definition) is 1. The van der Waals surface area contributed by atoms with E-state index in [1.54, 1.807) is 36.7 Å². The van der Waals surface area contributed by atoms with Crippen LogP contribution < -0.4 is 4.72 Å². The van der Waals surface area contributed by atoms with E-state index >= 15 is 0 Å². The van der Waals surface area contributed by atoms with Crippen LogP contribution in [0.25, 0.3) is 5.69 Å². The van der Waals surface area contributed by atoms with Gasteiger partial charge >= 0.3 is 0 Å². The Kier molecular flexibility index (Phi) is 2.68. The van der Waals surface area contributed by atoms with Crippen molar-refractivity contribution >= 4 is 10.0 Å². The van der Waals surface area contributed by atoms with E-state index < -0.39 is 10.0 Å². The molecule has 1 N–H and O–H groups in total. The van der Waals surface area contributed by atoms with Crippen molar-refractivity contribution in [1.82, 2.24) is 19.7 Å². The van der Waals surface area contributed by atoms with Gasteiger partial charge in [-0.1, -0.05) is 0 Å². The monoisotopic (exact) mass is 278 g/mol. The first-order valence-corrected chi connectivity index (χ1v) is 7.48. The number of aromatic nitrogens is 3. The van der Waals surface area contributed by atoms with Crippen molar-refractivity contribution in [3.05, 3.63) is 36.7 Å². The molecule has 0 saturated heterocycles. The Morgan fingerprint density at radius 1 is 1.16 bits per heavy atom. The first kappa shape index (κ1) is 12.3. The van der Waals surface area contributed by atoms with Crippen molar-refractivity contribution in [1.29, 1.82) is 0 Å². The van der Waals surface area contributed by atoms with E-state index in [1.165, 1.54) is 4.80 Å².